The lowest BCUT2D eigenvalue weighted by Gasteiger charge is -2.13. The summed E-state index contributed by atoms with van der Waals surface area (Å²) in [7, 11) is 0. The van der Waals surface area contributed by atoms with Gasteiger partial charge in [0.2, 0.25) is 11.8 Å². The van der Waals surface area contributed by atoms with E-state index >= 15 is 0 Å². The number of rotatable bonds is 9. The van der Waals surface area contributed by atoms with Gasteiger partial charge in [0.05, 0.1) is 18.8 Å². The fourth-order valence-corrected chi connectivity index (χ4v) is 2.32. The third-order valence-electron chi connectivity index (χ3n) is 3.55. The summed E-state index contributed by atoms with van der Waals surface area (Å²) in [5.41, 5.74) is 2.04. The number of amides is 2. The standard InChI is InChI=1S/C20H25N3O3/c1-3-4-12-26-19-11-6-5-10-18(19)21-14-20(25)23-17-9-7-8-16(13-17)22-15(2)24/h5-11,13,21H,3-4,12,14H2,1-2H3,(H,22,24)(H,23,25). The minimum Gasteiger partial charge on any atom is -0.491 e. The highest BCUT2D eigenvalue weighted by Gasteiger charge is 2.07. The predicted octanol–water partition coefficient (Wildman–Crippen LogP) is 3.87. The highest BCUT2D eigenvalue weighted by atomic mass is 16.5. The first kappa shape index (κ1) is 19.3. The van der Waals surface area contributed by atoms with E-state index in [0.29, 0.717) is 18.0 Å². The Morgan fingerprint density at radius 3 is 2.46 bits per heavy atom. The van der Waals surface area contributed by atoms with Gasteiger partial charge in [0.15, 0.2) is 0 Å². The maximum atomic E-state index is 12.2. The highest BCUT2D eigenvalue weighted by Crippen LogP contribution is 2.23. The zero-order chi connectivity index (χ0) is 18.8. The van der Waals surface area contributed by atoms with Gasteiger partial charge in [0.25, 0.3) is 0 Å². The van der Waals surface area contributed by atoms with Crippen molar-refractivity contribution in [1.82, 2.24) is 0 Å². The number of anilines is 3. The van der Waals surface area contributed by atoms with E-state index in [0.717, 1.165) is 24.3 Å². The highest BCUT2D eigenvalue weighted by molar-refractivity contribution is 5.95. The lowest BCUT2D eigenvalue weighted by molar-refractivity contribution is -0.115. The molecule has 0 aliphatic carbocycles. The summed E-state index contributed by atoms with van der Waals surface area (Å²) in [4.78, 5) is 23.3. The molecular weight excluding hydrogens is 330 g/mol. The number of hydrogen-bond donors (Lipinski definition) is 3. The average molecular weight is 355 g/mol. The quantitative estimate of drug-likeness (QED) is 0.597. The molecule has 0 aliphatic heterocycles. The maximum absolute atomic E-state index is 12.2. The fourth-order valence-electron chi connectivity index (χ4n) is 2.32. The minimum atomic E-state index is -0.187. The van der Waals surface area contributed by atoms with Crippen LogP contribution in [-0.4, -0.2) is 25.0 Å². The number of benzene rings is 2. The van der Waals surface area contributed by atoms with Crippen molar-refractivity contribution in [1.29, 1.82) is 0 Å². The van der Waals surface area contributed by atoms with Crippen LogP contribution >= 0.6 is 0 Å². The molecule has 3 N–H and O–H groups in total. The Labute approximate surface area is 153 Å². The number of hydrogen-bond acceptors (Lipinski definition) is 4. The maximum Gasteiger partial charge on any atom is 0.243 e. The zero-order valence-corrected chi connectivity index (χ0v) is 15.2. The van der Waals surface area contributed by atoms with Crippen molar-refractivity contribution in [3.05, 3.63) is 48.5 Å². The summed E-state index contributed by atoms with van der Waals surface area (Å²) in [6.45, 7) is 4.31. The van der Waals surface area contributed by atoms with Gasteiger partial charge in [-0.05, 0) is 36.8 Å². The molecule has 2 aromatic rings. The molecule has 0 atom stereocenters. The summed E-state index contributed by atoms with van der Waals surface area (Å²) in [6, 6.07) is 14.6. The molecule has 0 fully saturated rings. The van der Waals surface area contributed by atoms with Gasteiger partial charge in [0, 0.05) is 18.3 Å². The number of unbranched alkanes of at least 4 members (excludes halogenated alkanes) is 1. The zero-order valence-electron chi connectivity index (χ0n) is 15.2. The molecule has 0 unspecified atom stereocenters. The van der Waals surface area contributed by atoms with E-state index in [4.69, 9.17) is 4.74 Å². The second-order valence-corrected chi connectivity index (χ2v) is 5.86. The van der Waals surface area contributed by atoms with Gasteiger partial charge < -0.3 is 20.7 Å². The third-order valence-corrected chi connectivity index (χ3v) is 3.55. The molecule has 0 spiro atoms. The van der Waals surface area contributed by atoms with Gasteiger partial charge in [-0.3, -0.25) is 9.59 Å². The van der Waals surface area contributed by atoms with Crippen molar-refractivity contribution in [3.8, 4) is 5.75 Å². The molecule has 0 aromatic heterocycles. The van der Waals surface area contributed by atoms with Gasteiger partial charge >= 0.3 is 0 Å². The molecule has 0 heterocycles. The third kappa shape index (κ3) is 6.47. The summed E-state index contributed by atoms with van der Waals surface area (Å²) in [6.07, 6.45) is 2.05. The second-order valence-electron chi connectivity index (χ2n) is 5.86. The number of carbonyl (C=O) groups is 2. The van der Waals surface area contributed by atoms with Gasteiger partial charge in [-0.15, -0.1) is 0 Å². The number of para-hydroxylation sites is 2. The van der Waals surface area contributed by atoms with E-state index in [-0.39, 0.29) is 18.4 Å². The topological polar surface area (TPSA) is 79.5 Å². The largest absolute Gasteiger partial charge is 0.491 e. The van der Waals surface area contributed by atoms with Gasteiger partial charge in [0.1, 0.15) is 5.75 Å². The Hall–Kier alpha value is -3.02. The van der Waals surface area contributed by atoms with Gasteiger partial charge in [-0.2, -0.15) is 0 Å². The molecule has 6 nitrogen and oxygen atoms in total. The van der Waals surface area contributed by atoms with Crippen molar-refractivity contribution in [3.63, 3.8) is 0 Å². The van der Waals surface area contributed by atoms with Crippen LogP contribution in [-0.2, 0) is 9.59 Å². The van der Waals surface area contributed by atoms with E-state index in [1.54, 1.807) is 24.3 Å². The predicted molar refractivity (Wildman–Crippen MR) is 105 cm³/mol. The second kappa shape index (κ2) is 10.1. The molecule has 0 radical (unpaired) electrons. The van der Waals surface area contributed by atoms with E-state index in [1.807, 2.05) is 24.3 Å². The molecule has 138 valence electrons. The summed E-state index contributed by atoms with van der Waals surface area (Å²) < 4.78 is 5.75. The van der Waals surface area contributed by atoms with Crippen LogP contribution < -0.4 is 20.7 Å². The summed E-state index contributed by atoms with van der Waals surface area (Å²) in [5.74, 6) is 0.393. The Kier molecular flexibility index (Phi) is 7.49. The molecule has 2 amide bonds. The molecule has 6 heteroatoms. The van der Waals surface area contributed by atoms with Crippen LogP contribution in [0.5, 0.6) is 5.75 Å². The minimum absolute atomic E-state index is 0.110. The first-order valence-corrected chi connectivity index (χ1v) is 8.71. The molecular formula is C20H25N3O3. The van der Waals surface area contributed by atoms with E-state index in [2.05, 4.69) is 22.9 Å². The number of ether oxygens (including phenoxy) is 1. The first-order chi connectivity index (χ1) is 12.6. The monoisotopic (exact) mass is 355 g/mol. The van der Waals surface area contributed by atoms with Crippen molar-refractivity contribution in [2.24, 2.45) is 0 Å². The number of carbonyl (C=O) groups excluding carboxylic acids is 2. The van der Waals surface area contributed by atoms with Crippen LogP contribution in [0.25, 0.3) is 0 Å². The van der Waals surface area contributed by atoms with Crippen LogP contribution in [0.1, 0.15) is 26.7 Å². The lowest BCUT2D eigenvalue weighted by Crippen LogP contribution is -2.22. The van der Waals surface area contributed by atoms with Gasteiger partial charge in [-0.1, -0.05) is 31.5 Å². The van der Waals surface area contributed by atoms with E-state index in [9.17, 15) is 9.59 Å². The molecule has 0 saturated carbocycles. The van der Waals surface area contributed by atoms with Crippen molar-refractivity contribution < 1.29 is 14.3 Å². The molecule has 0 saturated heterocycles. The SMILES string of the molecule is CCCCOc1ccccc1NCC(=O)Nc1cccc(NC(C)=O)c1. The van der Waals surface area contributed by atoms with Crippen molar-refractivity contribution >= 4 is 28.9 Å². The molecule has 0 aliphatic rings. The van der Waals surface area contributed by atoms with Crippen LogP contribution in [0, 0.1) is 0 Å². The molecule has 0 bridgehead atoms. The Balaban J connectivity index is 1.90. The van der Waals surface area contributed by atoms with Crippen molar-refractivity contribution in [2.75, 3.05) is 29.1 Å². The Morgan fingerprint density at radius 1 is 1.00 bits per heavy atom. The molecule has 2 rings (SSSR count). The Bertz CT molecular complexity index is 747. The van der Waals surface area contributed by atoms with Crippen LogP contribution in [0.3, 0.4) is 0 Å². The van der Waals surface area contributed by atoms with Crippen LogP contribution in [0.4, 0.5) is 17.1 Å². The molecule has 26 heavy (non-hydrogen) atoms. The van der Waals surface area contributed by atoms with Crippen molar-refractivity contribution in [2.45, 2.75) is 26.7 Å². The van der Waals surface area contributed by atoms with E-state index < -0.39 is 0 Å². The normalized spacial score (nSPS) is 10.1. The lowest BCUT2D eigenvalue weighted by atomic mass is 10.2. The smallest absolute Gasteiger partial charge is 0.243 e. The fraction of sp³-hybridized carbons (Fsp3) is 0.300. The van der Waals surface area contributed by atoms with Gasteiger partial charge in [-0.25, -0.2) is 0 Å². The van der Waals surface area contributed by atoms with Crippen LogP contribution in [0.2, 0.25) is 0 Å². The molecule has 2 aromatic carbocycles. The number of nitrogens with one attached hydrogen (secondary N) is 3. The first-order valence-electron chi connectivity index (χ1n) is 8.71. The Morgan fingerprint density at radius 2 is 1.73 bits per heavy atom. The van der Waals surface area contributed by atoms with Crippen LogP contribution in [0.15, 0.2) is 48.5 Å². The summed E-state index contributed by atoms with van der Waals surface area (Å²) >= 11 is 0. The van der Waals surface area contributed by atoms with E-state index in [1.165, 1.54) is 6.92 Å². The average Bonchev–Trinajstić information content (AvgIpc) is 2.61. The summed E-state index contributed by atoms with van der Waals surface area (Å²) in [5, 5.41) is 8.59.